The fourth-order valence-corrected chi connectivity index (χ4v) is 0. The van der Waals surface area contributed by atoms with Crippen molar-refractivity contribution in [2.75, 3.05) is 0 Å². The zero-order valence-corrected chi connectivity index (χ0v) is 14.8. The van der Waals surface area contributed by atoms with Gasteiger partial charge < -0.3 is 36.0 Å². The molecule has 0 amide bonds. The molecular weight excluding hydrogens is 323 g/mol. The van der Waals surface area contributed by atoms with Gasteiger partial charge in [-0.1, -0.05) is 0 Å². The number of rotatable bonds is 0. The van der Waals surface area contributed by atoms with Crippen molar-refractivity contribution in [3.05, 3.63) is 0 Å². The van der Waals surface area contributed by atoms with Crippen molar-refractivity contribution in [3.8, 4) is 0 Å². The number of hydrogen-bond acceptors (Lipinski definition) is 0. The van der Waals surface area contributed by atoms with Crippen molar-refractivity contribution in [1.82, 2.24) is 0 Å². The van der Waals surface area contributed by atoms with Gasteiger partial charge in [-0.05, 0) is 0 Å². The van der Waals surface area contributed by atoms with Gasteiger partial charge in [-0.15, -0.1) is 0 Å². The van der Waals surface area contributed by atoms with Gasteiger partial charge in [-0.3, -0.25) is 0 Å². The first-order valence-corrected chi connectivity index (χ1v) is 0. The first-order valence-electron chi connectivity index (χ1n) is 0. The molecule has 1 nitrogen and oxygen atoms in total. The van der Waals surface area contributed by atoms with Gasteiger partial charge in [0.25, 0.3) is 0 Å². The van der Waals surface area contributed by atoms with Crippen molar-refractivity contribution in [2.24, 2.45) is 0 Å². The summed E-state index contributed by atoms with van der Waals surface area (Å²) in [5, 5.41) is 0. The summed E-state index contributed by atoms with van der Waals surface area (Å²) in [7, 11) is 0. The Hall–Kier alpha value is 2.70. The van der Waals surface area contributed by atoms with Gasteiger partial charge in [-0.2, -0.15) is 0 Å². The first kappa shape index (κ1) is 70.8. The van der Waals surface area contributed by atoms with Crippen LogP contribution in [0.3, 0.4) is 0 Å². The summed E-state index contributed by atoms with van der Waals surface area (Å²) in [5.41, 5.74) is 0. The average Bonchev–Trinajstić information content (AvgIpc) is 0. The van der Waals surface area contributed by atoms with E-state index >= 15 is 0 Å². The monoisotopic (exact) mass is 320 g/mol. The minimum Gasteiger partial charge on any atom is -2.00 e. The standard InChI is InChI=1S/O.S.Se.3Zn/q3*-2;3*+2. The maximum atomic E-state index is 0. The summed E-state index contributed by atoms with van der Waals surface area (Å²) in [6.07, 6.45) is 0. The molecular formula is OSSeZn3. The van der Waals surface area contributed by atoms with Crippen LogP contribution in [0.15, 0.2) is 0 Å². The van der Waals surface area contributed by atoms with Crippen LogP contribution in [0.25, 0.3) is 0 Å². The van der Waals surface area contributed by atoms with Crippen LogP contribution >= 0.6 is 0 Å². The molecule has 6 heavy (non-hydrogen) atoms. The molecule has 24 valence electrons. The Kier molecular flexibility index (Phi) is 559. The molecule has 0 saturated carbocycles. The summed E-state index contributed by atoms with van der Waals surface area (Å²) in [6.45, 7) is 0. The third-order valence-electron chi connectivity index (χ3n) is 0. The molecule has 0 unspecified atom stereocenters. The summed E-state index contributed by atoms with van der Waals surface area (Å²) in [6, 6.07) is 0. The molecule has 0 spiro atoms. The molecule has 0 atom stereocenters. The third-order valence-corrected chi connectivity index (χ3v) is 0. The minimum absolute atomic E-state index is 0. The predicted molar refractivity (Wildman–Crippen MR) is 13.8 cm³/mol. The van der Waals surface area contributed by atoms with Gasteiger partial charge in [0.15, 0.2) is 0 Å². The molecule has 0 aromatic heterocycles. The maximum Gasteiger partial charge on any atom is 2.00 e. The van der Waals surface area contributed by atoms with E-state index in [9.17, 15) is 0 Å². The van der Waals surface area contributed by atoms with E-state index in [4.69, 9.17) is 0 Å². The fourth-order valence-electron chi connectivity index (χ4n) is 0. The van der Waals surface area contributed by atoms with Crippen LogP contribution in [0.5, 0.6) is 0 Å². The molecule has 0 bridgehead atoms. The molecule has 0 fully saturated rings. The average molecular weight is 323 g/mol. The van der Waals surface area contributed by atoms with Gasteiger partial charge in [0.05, 0.1) is 0 Å². The Morgan fingerprint density at radius 3 is 0.667 bits per heavy atom. The van der Waals surface area contributed by atoms with Crippen LogP contribution in [0.4, 0.5) is 0 Å². The molecule has 6 heteroatoms. The van der Waals surface area contributed by atoms with Crippen molar-refractivity contribution in [1.29, 1.82) is 0 Å². The van der Waals surface area contributed by atoms with Crippen molar-refractivity contribution >= 4 is 30.6 Å². The van der Waals surface area contributed by atoms with Gasteiger partial charge in [0, 0.05) is 0 Å². The normalized spacial score (nSPS) is 0. The molecule has 0 N–H and O–H groups in total. The van der Waals surface area contributed by atoms with E-state index in [0.717, 1.165) is 0 Å². The van der Waals surface area contributed by atoms with Crippen molar-refractivity contribution in [3.63, 3.8) is 0 Å². The van der Waals surface area contributed by atoms with E-state index in [0.29, 0.717) is 0 Å². The molecule has 0 aliphatic heterocycles. The first-order chi connectivity index (χ1) is 0. The van der Waals surface area contributed by atoms with Crippen molar-refractivity contribution in [2.45, 2.75) is 0 Å². The minimum atomic E-state index is 0. The Morgan fingerprint density at radius 2 is 0.667 bits per heavy atom. The molecule has 0 saturated heterocycles. The van der Waals surface area contributed by atoms with Crippen LogP contribution in [0, 0.1) is 0 Å². The molecule has 0 rings (SSSR count). The van der Waals surface area contributed by atoms with E-state index in [-0.39, 0.29) is 94.5 Å². The van der Waals surface area contributed by atoms with E-state index in [1.165, 1.54) is 0 Å². The van der Waals surface area contributed by atoms with Crippen LogP contribution in [0.1, 0.15) is 0 Å². The van der Waals surface area contributed by atoms with Crippen LogP contribution in [-0.4, -0.2) is 17.1 Å². The summed E-state index contributed by atoms with van der Waals surface area (Å²) < 4.78 is 0. The summed E-state index contributed by atoms with van der Waals surface area (Å²) in [4.78, 5) is 0. The molecule has 0 aromatic rings. The molecule has 0 heterocycles. The second-order valence-corrected chi connectivity index (χ2v) is 0. The Labute approximate surface area is 93.3 Å². The Morgan fingerprint density at radius 1 is 0.667 bits per heavy atom. The van der Waals surface area contributed by atoms with Gasteiger partial charge in [0.2, 0.25) is 0 Å². The van der Waals surface area contributed by atoms with Gasteiger partial charge in [-0.25, -0.2) is 0 Å². The fraction of sp³-hybridized carbons (Fsp3) is 0. The second kappa shape index (κ2) is 47.4. The molecule has 0 aliphatic rings. The smallest absolute Gasteiger partial charge is 2.00 e. The SMILES string of the molecule is [O-2].[S-2].[Se-2].[Zn+2].[Zn+2].[Zn+2]. The zero-order chi connectivity index (χ0) is 0. The van der Waals surface area contributed by atoms with Crippen LogP contribution < -0.4 is 0 Å². The molecule has 0 radical (unpaired) electrons. The predicted octanol–water partition coefficient (Wildman–Crippen LogP) is -0.509. The van der Waals surface area contributed by atoms with Gasteiger partial charge in [0.1, 0.15) is 0 Å². The van der Waals surface area contributed by atoms with Crippen LogP contribution in [-0.2, 0) is 77.4 Å². The van der Waals surface area contributed by atoms with E-state index in [1.807, 2.05) is 0 Å². The Bertz CT molecular complexity index is 10.8. The molecule has 0 aromatic carbocycles. The third kappa shape index (κ3) is 29.9. The quantitative estimate of drug-likeness (QED) is 0.538. The second-order valence-electron chi connectivity index (χ2n) is 0. The zero-order valence-electron chi connectivity index (χ0n) is 3.35. The topological polar surface area (TPSA) is 28.5 Å². The Balaban J connectivity index is 0. The summed E-state index contributed by atoms with van der Waals surface area (Å²) >= 11 is 0. The van der Waals surface area contributed by atoms with E-state index in [2.05, 4.69) is 0 Å². The van der Waals surface area contributed by atoms with E-state index in [1.54, 1.807) is 0 Å². The summed E-state index contributed by atoms with van der Waals surface area (Å²) in [5.74, 6) is 0. The van der Waals surface area contributed by atoms with Gasteiger partial charge >= 0.3 is 58.4 Å². The van der Waals surface area contributed by atoms with E-state index < -0.39 is 0 Å². The number of hydrogen-bond donors (Lipinski definition) is 0. The van der Waals surface area contributed by atoms with Crippen molar-refractivity contribution < 1.29 is 63.9 Å². The largest absolute Gasteiger partial charge is 2.00 e. The maximum absolute atomic E-state index is 0. The van der Waals surface area contributed by atoms with Crippen LogP contribution in [0.2, 0.25) is 0 Å². The molecule has 0 aliphatic carbocycles.